The van der Waals surface area contributed by atoms with Crippen LogP contribution in [0.5, 0.6) is 5.75 Å². The Morgan fingerprint density at radius 2 is 0.843 bits per heavy atom. The molecule has 0 spiro atoms. The molecule has 6 aromatic heterocycles. The van der Waals surface area contributed by atoms with Crippen LogP contribution in [0.25, 0.3) is 67.7 Å². The number of aromatic carboxylic acids is 3. The Balaban J connectivity index is 0.000000209. The minimum atomic E-state index is -5.08. The fourth-order valence-corrected chi connectivity index (χ4v) is 12.4. The number of carbonyl (C=O) groups excluding carboxylic acids is 3. The Bertz CT molecular complexity index is 6490. The SMILES string of the molecule is COC(=O)c1nc(-c2ccc(Br)cc2)cc(N)c1Cl.COC(=O)c1nc(-c2ccc(C(F)(F)F)c(F)c2F)nc(N)c1OC.COC(=O)c1nc(-c2ccc(I)c(F)c2)cc(N)c1Cl.N#Cc1ccc(-c2nc(C(=O)O)c(Cl)c(N)c2F)c(F)c1.Nc1c(F)c(-c2cc(F)c(I)cc2F)nc(C(=O)O)c1Cl.Nc1cc(-c2c(F)cc(I)c(F)c2F)nc(C(=O)O)c1Cl. The zero-order valence-corrected chi connectivity index (χ0v) is 74.9. The van der Waals surface area contributed by atoms with Crippen molar-refractivity contribution in [1.82, 2.24) is 34.9 Å². The quantitative estimate of drug-likeness (QED) is 0.0129. The summed E-state index contributed by atoms with van der Waals surface area (Å²) in [4.78, 5) is 93.9. The van der Waals surface area contributed by atoms with E-state index < -0.39 is 195 Å². The van der Waals surface area contributed by atoms with E-state index in [0.29, 0.717) is 38.7 Å². The van der Waals surface area contributed by atoms with Gasteiger partial charge in [-0.15, -0.1) is 0 Å². The molecule has 6 heterocycles. The number of halogens is 23. The lowest BCUT2D eigenvalue weighted by Crippen LogP contribution is -2.13. The number of nitriles is 1. The molecule has 0 radical (unpaired) electrons. The van der Waals surface area contributed by atoms with E-state index in [0.717, 1.165) is 54.6 Å². The largest absolute Gasteiger partial charge is 0.491 e. The van der Waals surface area contributed by atoms with E-state index in [2.05, 4.69) is 65.0 Å². The lowest BCUT2D eigenvalue weighted by atomic mass is 10.1. The fourth-order valence-electron chi connectivity index (χ4n) is 9.96. The number of carboxylic acids is 3. The molecule has 27 nitrogen and oxygen atoms in total. The molecule has 127 heavy (non-hydrogen) atoms. The zero-order valence-electron chi connectivity index (χ0n) is 63.1. The summed E-state index contributed by atoms with van der Waals surface area (Å²) >= 11 is 36.9. The van der Waals surface area contributed by atoms with Crippen molar-refractivity contribution in [2.45, 2.75) is 6.18 Å². The van der Waals surface area contributed by atoms with Gasteiger partial charge in [-0.2, -0.15) is 18.4 Å². The summed E-state index contributed by atoms with van der Waals surface area (Å²) in [5, 5.41) is 34.1. The van der Waals surface area contributed by atoms with Crippen molar-refractivity contribution in [2.24, 2.45) is 0 Å². The second kappa shape index (κ2) is 43.6. The van der Waals surface area contributed by atoms with Gasteiger partial charge in [0.25, 0.3) is 0 Å². The number of alkyl halides is 3. The van der Waals surface area contributed by atoms with E-state index in [1.54, 1.807) is 46.9 Å². The number of carboxylic acid groups (broad SMARTS) is 3. The zero-order chi connectivity index (χ0) is 95.3. The molecule has 0 unspecified atom stereocenters. The van der Waals surface area contributed by atoms with Gasteiger partial charge in [-0.05, 0) is 159 Å². The standard InChI is InChI=1S/C14H10F5N3O3.C13H10BrClN2O2.C13H6ClF2N3O2.C13H9ClFIN2O2.2C12H5ClF3IN2O2/c1-24-10-9(13(23)25-2)21-12(22-11(10)20)5-3-4-6(14(17,18)19)8(16)7(5)15;1-19-13(18)12-11(15)9(16)6-10(17-12)7-2-4-8(14)5-3-7;14-8-10(18)9(16)11(19-12(8)13(20)21)6-2-1-5(4-17)3-7(6)15;1-20-13(19)12-11(14)9(17)5-10(18-12)6-2-3-8(16)7(15)4-6;13-7-9(18)8(16)10(19-11(7)12(20)21)3-1-5(15)6(17)2-4(3)14;13-8-5(18)2-6(19-11(8)12(20)21)7-3(14)1-4(17)9(15)10(7)16/h3-4H,1-2H3,(H2,20,21,22);2-6H,1H3,(H2,16,17);1-3H,(H2,18,19)(H,20,21);2-5H,1H3,(H2,17,18);2*1-2H,(H2,18,19)(H,20,21). The number of carbonyl (C=O) groups is 6. The third kappa shape index (κ3) is 23.9. The van der Waals surface area contributed by atoms with Crippen molar-refractivity contribution in [1.29, 1.82) is 5.26 Å². The average molecular weight is 2280 g/mol. The van der Waals surface area contributed by atoms with Gasteiger partial charge in [-0.3, -0.25) is 0 Å². The number of nitrogens with two attached hydrogens (primary N) is 6. The first kappa shape index (κ1) is 102. The van der Waals surface area contributed by atoms with Gasteiger partial charge in [0.05, 0.1) is 135 Å². The summed E-state index contributed by atoms with van der Waals surface area (Å²) < 4.78 is 210. The molecular formula is C77H45BrCl5F14I3N14O13. The van der Waals surface area contributed by atoms with Crippen molar-refractivity contribution in [3.8, 4) is 79.5 Å². The molecule has 0 aliphatic heterocycles. The molecule has 0 amide bonds. The van der Waals surface area contributed by atoms with Crippen LogP contribution in [0.2, 0.25) is 25.1 Å². The van der Waals surface area contributed by atoms with Crippen LogP contribution in [0.4, 0.5) is 95.7 Å². The van der Waals surface area contributed by atoms with Gasteiger partial charge in [-0.25, -0.2) is 112 Å². The number of hydrogen-bond acceptors (Lipinski definition) is 24. The summed E-state index contributed by atoms with van der Waals surface area (Å²) in [7, 11) is 4.66. The number of aromatic nitrogens is 7. The molecule has 6 aromatic carbocycles. The Kier molecular flexibility index (Phi) is 35.1. The molecule has 0 fully saturated rings. The number of pyridine rings is 5. The Hall–Kier alpha value is -11.8. The molecule has 0 atom stereocenters. The lowest BCUT2D eigenvalue weighted by molar-refractivity contribution is -0.140. The third-order valence-corrected chi connectivity index (χ3v) is 21.0. The first-order valence-electron chi connectivity index (χ1n) is 33.2. The van der Waals surface area contributed by atoms with Crippen LogP contribution < -0.4 is 39.1 Å². The van der Waals surface area contributed by atoms with Gasteiger partial charge in [0, 0.05) is 30.3 Å². The topological polar surface area (TPSA) is 470 Å². The number of anilines is 6. The first-order chi connectivity index (χ1) is 59.4. The number of hydrogen-bond donors (Lipinski definition) is 9. The molecular weight excluding hydrogens is 2230 g/mol. The normalized spacial score (nSPS) is 10.6. The summed E-state index contributed by atoms with van der Waals surface area (Å²) in [5.41, 5.74) is 25.9. The molecule has 0 saturated heterocycles. The first-order valence-corrected chi connectivity index (χ1v) is 39.1. The molecule has 50 heteroatoms. The number of nitrogen functional groups attached to an aromatic ring is 6. The second-order valence-electron chi connectivity index (χ2n) is 24.0. The summed E-state index contributed by atoms with van der Waals surface area (Å²) in [6.45, 7) is 0. The van der Waals surface area contributed by atoms with Crippen molar-refractivity contribution in [3.05, 3.63) is 259 Å². The number of esters is 3. The maximum atomic E-state index is 14.1. The summed E-state index contributed by atoms with van der Waals surface area (Å²) in [6.07, 6.45) is -5.08. The van der Waals surface area contributed by atoms with Gasteiger partial charge in [0.2, 0.25) is 0 Å². The van der Waals surface area contributed by atoms with E-state index >= 15 is 0 Å². The number of nitrogens with zero attached hydrogens (tertiary/aromatic N) is 8. The minimum absolute atomic E-state index is 0.0158. The minimum Gasteiger partial charge on any atom is -0.491 e. The molecule has 12 rings (SSSR count). The predicted molar refractivity (Wildman–Crippen MR) is 464 cm³/mol. The van der Waals surface area contributed by atoms with E-state index in [9.17, 15) is 90.2 Å². The van der Waals surface area contributed by atoms with E-state index in [4.69, 9.17) is 118 Å². The van der Waals surface area contributed by atoms with Crippen LogP contribution in [-0.4, -0.2) is 114 Å². The maximum absolute atomic E-state index is 14.1. The fraction of sp³-hybridized carbons (Fsp3) is 0.0649. The molecule has 15 N–H and O–H groups in total. The van der Waals surface area contributed by atoms with Crippen LogP contribution in [-0.2, 0) is 20.4 Å². The number of ether oxygens (including phenoxy) is 4. The molecule has 0 bridgehead atoms. The summed E-state index contributed by atoms with van der Waals surface area (Å²) in [5.74, 6) is -21.5. The predicted octanol–water partition coefficient (Wildman–Crippen LogP) is 20.1. The lowest BCUT2D eigenvalue weighted by Gasteiger charge is -2.13. The molecule has 0 aliphatic carbocycles. The van der Waals surface area contributed by atoms with Crippen LogP contribution in [0.15, 0.2) is 114 Å². The number of rotatable bonds is 13. The third-order valence-electron chi connectivity index (χ3n) is 16.0. The van der Waals surface area contributed by atoms with Gasteiger partial charge >= 0.3 is 42.0 Å². The number of methoxy groups -OCH3 is 4. The van der Waals surface area contributed by atoms with Gasteiger partial charge in [0.1, 0.15) is 40.5 Å². The van der Waals surface area contributed by atoms with E-state index in [1.807, 2.05) is 46.9 Å². The van der Waals surface area contributed by atoms with Gasteiger partial charge in [-0.1, -0.05) is 92.1 Å². The van der Waals surface area contributed by atoms with Crippen LogP contribution in [0.3, 0.4) is 0 Å². The number of benzene rings is 6. The highest BCUT2D eigenvalue weighted by Crippen LogP contribution is 2.41. The molecule has 0 saturated carbocycles. The van der Waals surface area contributed by atoms with Crippen molar-refractivity contribution < 1.29 is 125 Å². The van der Waals surface area contributed by atoms with E-state index in [1.165, 1.54) is 55.0 Å². The summed E-state index contributed by atoms with van der Waals surface area (Å²) in [6, 6.07) is 24.4. The highest BCUT2D eigenvalue weighted by Gasteiger charge is 2.37. The monoisotopic (exact) mass is 2270 g/mol. The Labute approximate surface area is 777 Å². The van der Waals surface area contributed by atoms with Crippen LogP contribution in [0.1, 0.15) is 74.1 Å². The van der Waals surface area contributed by atoms with Crippen molar-refractivity contribution in [2.75, 3.05) is 62.8 Å². The van der Waals surface area contributed by atoms with Crippen LogP contribution in [0, 0.1) is 86.0 Å². The smallest absolute Gasteiger partial charge is 0.419 e. The second-order valence-corrected chi connectivity index (χ2v) is 30.3. The molecule has 662 valence electrons. The van der Waals surface area contributed by atoms with E-state index in [-0.39, 0.29) is 73.4 Å². The Morgan fingerprint density at radius 3 is 1.31 bits per heavy atom. The molecule has 12 aromatic rings. The van der Waals surface area contributed by atoms with Crippen molar-refractivity contribution >= 4 is 212 Å². The average Bonchev–Trinajstić information content (AvgIpc) is 0.800. The Morgan fingerprint density at radius 1 is 0.417 bits per heavy atom. The highest BCUT2D eigenvalue weighted by molar-refractivity contribution is 14.1. The van der Waals surface area contributed by atoms with Gasteiger partial charge < -0.3 is 68.7 Å². The van der Waals surface area contributed by atoms with Crippen molar-refractivity contribution in [3.63, 3.8) is 0 Å². The van der Waals surface area contributed by atoms with Crippen LogP contribution >= 0.6 is 142 Å². The van der Waals surface area contributed by atoms with Gasteiger partial charge in [0.15, 0.2) is 86.5 Å². The maximum Gasteiger partial charge on any atom is 0.419 e. The molecule has 0 aliphatic rings. The highest BCUT2D eigenvalue weighted by atomic mass is 127.